The van der Waals surface area contributed by atoms with E-state index in [4.69, 9.17) is 4.74 Å². The molecule has 0 aromatic heterocycles. The molecule has 0 heterocycles. The predicted molar refractivity (Wildman–Crippen MR) is 89.0 cm³/mol. The molecule has 0 aliphatic carbocycles. The number of hydrogen-bond donors (Lipinski definition) is 2. The van der Waals surface area contributed by atoms with Gasteiger partial charge in [-0.2, -0.15) is 0 Å². The van der Waals surface area contributed by atoms with Gasteiger partial charge in [-0.15, -0.1) is 0 Å². The van der Waals surface area contributed by atoms with Crippen molar-refractivity contribution < 1.29 is 9.84 Å². The largest absolute Gasteiger partial charge is 0.493 e. The maximum absolute atomic E-state index is 9.64. The van der Waals surface area contributed by atoms with Crippen LogP contribution in [0.15, 0.2) is 24.3 Å². The molecule has 1 rings (SSSR count). The van der Waals surface area contributed by atoms with Gasteiger partial charge >= 0.3 is 0 Å². The Labute approximate surface area is 129 Å². The molecular weight excluding hydrogens is 262 g/mol. The quantitative estimate of drug-likeness (QED) is 0.646. The van der Waals surface area contributed by atoms with E-state index in [2.05, 4.69) is 45.1 Å². The van der Waals surface area contributed by atoms with Gasteiger partial charge in [-0.1, -0.05) is 45.9 Å². The number of benzene rings is 1. The predicted octanol–water partition coefficient (Wildman–Crippen LogP) is 3.72. The second-order valence-corrected chi connectivity index (χ2v) is 5.97. The summed E-state index contributed by atoms with van der Waals surface area (Å²) in [4.78, 5) is 0. The zero-order valence-corrected chi connectivity index (χ0v) is 14.0. The highest BCUT2D eigenvalue weighted by atomic mass is 16.5. The minimum absolute atomic E-state index is 0.157. The van der Waals surface area contributed by atoms with Crippen LogP contribution in [-0.2, 0) is 0 Å². The molecule has 21 heavy (non-hydrogen) atoms. The van der Waals surface area contributed by atoms with Gasteiger partial charge in [-0.3, -0.25) is 0 Å². The summed E-state index contributed by atoms with van der Waals surface area (Å²) in [6.07, 6.45) is 2.80. The van der Waals surface area contributed by atoms with Crippen LogP contribution in [-0.4, -0.2) is 30.4 Å². The molecule has 120 valence electrons. The van der Waals surface area contributed by atoms with Crippen molar-refractivity contribution in [1.82, 2.24) is 5.32 Å². The molecule has 0 saturated heterocycles. The maximum atomic E-state index is 9.64. The van der Waals surface area contributed by atoms with E-state index in [9.17, 15) is 5.11 Å². The third-order valence-corrected chi connectivity index (χ3v) is 4.13. The first-order valence-corrected chi connectivity index (χ1v) is 8.16. The standard InChI is InChI=1S/C18H31NO2/c1-5-18(14-20,19-6-2)12-9-13-21-17-11-8-7-10-16(17)15(3)4/h7-8,10-11,15,19-20H,5-6,9,12-14H2,1-4H3. The van der Waals surface area contributed by atoms with E-state index >= 15 is 0 Å². The van der Waals surface area contributed by atoms with Crippen molar-refractivity contribution in [3.05, 3.63) is 29.8 Å². The zero-order chi connectivity index (χ0) is 15.7. The highest BCUT2D eigenvalue weighted by molar-refractivity contribution is 5.35. The van der Waals surface area contributed by atoms with Gasteiger partial charge in [0.25, 0.3) is 0 Å². The molecule has 0 radical (unpaired) electrons. The van der Waals surface area contributed by atoms with Crippen LogP contribution in [0, 0.1) is 0 Å². The van der Waals surface area contributed by atoms with Crippen LogP contribution in [0.5, 0.6) is 5.75 Å². The number of aliphatic hydroxyl groups is 1. The normalized spacial score (nSPS) is 14.2. The molecule has 1 aromatic rings. The lowest BCUT2D eigenvalue weighted by molar-refractivity contribution is 0.139. The first kappa shape index (κ1) is 18.0. The van der Waals surface area contributed by atoms with E-state index in [-0.39, 0.29) is 12.1 Å². The molecule has 0 amide bonds. The molecule has 0 aliphatic heterocycles. The van der Waals surface area contributed by atoms with Gasteiger partial charge < -0.3 is 15.2 Å². The Morgan fingerprint density at radius 1 is 1.24 bits per heavy atom. The van der Waals surface area contributed by atoms with Gasteiger partial charge in [0.1, 0.15) is 5.75 Å². The van der Waals surface area contributed by atoms with Crippen LogP contribution in [0.1, 0.15) is 58.4 Å². The third kappa shape index (κ3) is 5.33. The summed E-state index contributed by atoms with van der Waals surface area (Å²) in [7, 11) is 0. The molecule has 0 bridgehead atoms. The van der Waals surface area contributed by atoms with Crippen molar-refractivity contribution >= 4 is 0 Å². The van der Waals surface area contributed by atoms with E-state index in [1.54, 1.807) is 0 Å². The molecule has 2 N–H and O–H groups in total. The van der Waals surface area contributed by atoms with Crippen molar-refractivity contribution in [3.63, 3.8) is 0 Å². The van der Waals surface area contributed by atoms with Gasteiger partial charge in [0, 0.05) is 5.54 Å². The van der Waals surface area contributed by atoms with E-state index in [0.29, 0.717) is 12.5 Å². The molecular formula is C18H31NO2. The summed E-state index contributed by atoms with van der Waals surface area (Å²) >= 11 is 0. The van der Waals surface area contributed by atoms with Crippen molar-refractivity contribution in [2.75, 3.05) is 19.8 Å². The number of hydrogen-bond acceptors (Lipinski definition) is 3. The summed E-state index contributed by atoms with van der Waals surface area (Å²) in [5.74, 6) is 1.46. The Balaban J connectivity index is 2.50. The number of nitrogens with one attached hydrogen (secondary N) is 1. The monoisotopic (exact) mass is 293 g/mol. The molecule has 1 aromatic carbocycles. The summed E-state index contributed by atoms with van der Waals surface area (Å²) < 4.78 is 5.95. The molecule has 3 heteroatoms. The van der Waals surface area contributed by atoms with E-state index < -0.39 is 0 Å². The topological polar surface area (TPSA) is 41.5 Å². The lowest BCUT2D eigenvalue weighted by Crippen LogP contribution is -2.48. The fraction of sp³-hybridized carbons (Fsp3) is 0.667. The van der Waals surface area contributed by atoms with Gasteiger partial charge in [0.15, 0.2) is 0 Å². The Morgan fingerprint density at radius 3 is 2.52 bits per heavy atom. The molecule has 1 unspecified atom stereocenters. The van der Waals surface area contributed by atoms with Gasteiger partial charge in [-0.25, -0.2) is 0 Å². The second kappa shape index (κ2) is 9.06. The summed E-state index contributed by atoms with van der Waals surface area (Å²) in [5.41, 5.74) is 1.10. The van der Waals surface area contributed by atoms with Crippen molar-refractivity contribution in [3.8, 4) is 5.75 Å². The summed E-state index contributed by atoms with van der Waals surface area (Å²) in [5, 5.41) is 13.1. The average molecular weight is 293 g/mol. The van der Waals surface area contributed by atoms with Gasteiger partial charge in [-0.05, 0) is 43.4 Å². The number of ether oxygens (including phenoxy) is 1. The van der Waals surface area contributed by atoms with Crippen LogP contribution in [0.25, 0.3) is 0 Å². The fourth-order valence-corrected chi connectivity index (χ4v) is 2.69. The van der Waals surface area contributed by atoms with Crippen LogP contribution in [0.3, 0.4) is 0 Å². The van der Waals surface area contributed by atoms with Crippen molar-refractivity contribution in [2.45, 2.75) is 58.4 Å². The SMILES string of the molecule is CCNC(CC)(CO)CCCOc1ccccc1C(C)C. The minimum atomic E-state index is -0.157. The highest BCUT2D eigenvalue weighted by Gasteiger charge is 2.25. The van der Waals surface area contributed by atoms with Crippen molar-refractivity contribution in [1.29, 1.82) is 0 Å². The van der Waals surface area contributed by atoms with E-state index in [1.165, 1.54) is 5.56 Å². The number of likely N-dealkylation sites (N-methyl/N-ethyl adjacent to an activating group) is 1. The van der Waals surface area contributed by atoms with E-state index in [0.717, 1.165) is 31.6 Å². The lowest BCUT2D eigenvalue weighted by Gasteiger charge is -2.31. The first-order chi connectivity index (χ1) is 10.1. The molecule has 0 aliphatic rings. The van der Waals surface area contributed by atoms with Crippen LogP contribution >= 0.6 is 0 Å². The third-order valence-electron chi connectivity index (χ3n) is 4.13. The van der Waals surface area contributed by atoms with Crippen LogP contribution in [0.4, 0.5) is 0 Å². The first-order valence-electron chi connectivity index (χ1n) is 8.16. The summed E-state index contributed by atoms with van der Waals surface area (Å²) in [6, 6.07) is 8.24. The molecule has 0 spiro atoms. The Hall–Kier alpha value is -1.06. The van der Waals surface area contributed by atoms with Crippen LogP contribution < -0.4 is 10.1 Å². The Morgan fingerprint density at radius 2 is 1.95 bits per heavy atom. The second-order valence-electron chi connectivity index (χ2n) is 5.97. The smallest absolute Gasteiger partial charge is 0.122 e. The number of rotatable bonds is 10. The average Bonchev–Trinajstić information content (AvgIpc) is 2.50. The minimum Gasteiger partial charge on any atom is -0.493 e. The maximum Gasteiger partial charge on any atom is 0.122 e. The molecule has 3 nitrogen and oxygen atoms in total. The molecule has 0 fully saturated rings. The Kier molecular flexibility index (Phi) is 7.76. The summed E-state index contributed by atoms with van der Waals surface area (Å²) in [6.45, 7) is 10.3. The fourth-order valence-electron chi connectivity index (χ4n) is 2.69. The molecule has 1 atom stereocenters. The van der Waals surface area contributed by atoms with Gasteiger partial charge in [0.05, 0.1) is 13.2 Å². The number of para-hydroxylation sites is 1. The molecule has 0 saturated carbocycles. The van der Waals surface area contributed by atoms with Gasteiger partial charge in [0.2, 0.25) is 0 Å². The number of aliphatic hydroxyl groups excluding tert-OH is 1. The highest BCUT2D eigenvalue weighted by Crippen LogP contribution is 2.26. The van der Waals surface area contributed by atoms with Crippen LogP contribution in [0.2, 0.25) is 0 Å². The zero-order valence-electron chi connectivity index (χ0n) is 14.0. The van der Waals surface area contributed by atoms with E-state index in [1.807, 2.05) is 12.1 Å². The Bertz CT molecular complexity index is 400. The lowest BCUT2D eigenvalue weighted by atomic mass is 9.91. The van der Waals surface area contributed by atoms with Crippen molar-refractivity contribution in [2.24, 2.45) is 0 Å².